The highest BCUT2D eigenvalue weighted by Crippen LogP contribution is 2.23. The maximum Gasteiger partial charge on any atom is 0.251 e. The monoisotopic (exact) mass is 374 g/mol. The minimum atomic E-state index is -0.684. The van der Waals surface area contributed by atoms with E-state index in [1.54, 1.807) is 19.1 Å². The van der Waals surface area contributed by atoms with Gasteiger partial charge in [-0.2, -0.15) is 0 Å². The molecule has 0 fully saturated rings. The number of aromatic nitrogens is 2. The quantitative estimate of drug-likeness (QED) is 0.835. The summed E-state index contributed by atoms with van der Waals surface area (Å²) in [5.41, 5.74) is 1.70. The topological polar surface area (TPSA) is 84.0 Å². The number of anilines is 1. The van der Waals surface area contributed by atoms with Gasteiger partial charge in [0.25, 0.3) is 5.91 Å². The van der Waals surface area contributed by atoms with Crippen LogP contribution in [0, 0.1) is 0 Å². The molecule has 1 heterocycles. The lowest BCUT2D eigenvalue weighted by molar-refractivity contribution is -0.117. The summed E-state index contributed by atoms with van der Waals surface area (Å²) in [6.45, 7) is 12.0. The largest absolute Gasteiger partial charge is 0.341 e. The molecule has 0 saturated heterocycles. The molecule has 6 nitrogen and oxygen atoms in total. The first kappa shape index (κ1) is 20.0. The third-order valence-corrected chi connectivity index (χ3v) is 5.06. The Hall–Kier alpha value is -2.28. The van der Waals surface area contributed by atoms with Crippen LogP contribution in [-0.2, 0) is 10.2 Å². The molecule has 26 heavy (non-hydrogen) atoms. The molecule has 2 N–H and O–H groups in total. The number of amides is 2. The molecule has 1 unspecified atom stereocenters. The molecule has 2 rings (SSSR count). The molecule has 1 atom stereocenters. The van der Waals surface area contributed by atoms with Gasteiger partial charge in [0.05, 0.1) is 0 Å². The second-order valence-corrected chi connectivity index (χ2v) is 8.62. The van der Waals surface area contributed by atoms with E-state index in [4.69, 9.17) is 0 Å². The summed E-state index contributed by atoms with van der Waals surface area (Å²) in [4.78, 5) is 24.6. The fourth-order valence-electron chi connectivity index (χ4n) is 2.20. The van der Waals surface area contributed by atoms with Crippen molar-refractivity contribution in [3.63, 3.8) is 0 Å². The average molecular weight is 375 g/mol. The van der Waals surface area contributed by atoms with Crippen molar-refractivity contribution in [2.75, 3.05) is 5.32 Å². The van der Waals surface area contributed by atoms with E-state index in [0.29, 0.717) is 10.7 Å². The summed E-state index contributed by atoms with van der Waals surface area (Å²) < 4.78 is 0. The van der Waals surface area contributed by atoms with Crippen molar-refractivity contribution in [1.29, 1.82) is 0 Å². The summed E-state index contributed by atoms with van der Waals surface area (Å²) >= 11 is 1.34. The van der Waals surface area contributed by atoms with Crippen molar-refractivity contribution in [1.82, 2.24) is 15.5 Å². The number of benzene rings is 1. The number of hydrogen-bond donors (Lipinski definition) is 2. The number of hydrogen-bond acceptors (Lipinski definition) is 5. The van der Waals surface area contributed by atoms with Crippen LogP contribution < -0.4 is 10.6 Å². The van der Waals surface area contributed by atoms with Gasteiger partial charge in [0, 0.05) is 11.5 Å². The van der Waals surface area contributed by atoms with Gasteiger partial charge in [0.15, 0.2) is 0 Å². The SMILES string of the molecule is CC(NC(=O)c1ccc(C(C)(C)C)cc1)C(=O)Nc1nnc(C(C)C)s1. The molecule has 2 aromatic rings. The molecule has 0 bridgehead atoms. The molecule has 0 aliphatic heterocycles. The highest BCUT2D eigenvalue weighted by Gasteiger charge is 2.19. The van der Waals surface area contributed by atoms with Crippen molar-refractivity contribution in [3.8, 4) is 0 Å². The lowest BCUT2D eigenvalue weighted by Crippen LogP contribution is -2.41. The zero-order valence-electron chi connectivity index (χ0n) is 16.1. The van der Waals surface area contributed by atoms with Crippen LogP contribution in [0.5, 0.6) is 0 Å². The van der Waals surface area contributed by atoms with Gasteiger partial charge in [-0.3, -0.25) is 14.9 Å². The van der Waals surface area contributed by atoms with Gasteiger partial charge < -0.3 is 5.32 Å². The van der Waals surface area contributed by atoms with Gasteiger partial charge in [-0.1, -0.05) is 58.1 Å². The Bertz CT molecular complexity index is 776. The molecule has 140 valence electrons. The van der Waals surface area contributed by atoms with E-state index in [1.165, 1.54) is 11.3 Å². The van der Waals surface area contributed by atoms with Crippen molar-refractivity contribution in [2.24, 2.45) is 0 Å². The average Bonchev–Trinajstić information content (AvgIpc) is 3.02. The third-order valence-electron chi connectivity index (χ3n) is 3.92. The van der Waals surface area contributed by atoms with E-state index in [1.807, 2.05) is 26.0 Å². The molecule has 1 aromatic carbocycles. The van der Waals surface area contributed by atoms with Crippen molar-refractivity contribution in [2.45, 2.75) is 58.9 Å². The van der Waals surface area contributed by atoms with Gasteiger partial charge in [-0.15, -0.1) is 10.2 Å². The molecule has 7 heteroatoms. The molecular formula is C19H26N4O2S. The van der Waals surface area contributed by atoms with Crippen molar-refractivity contribution < 1.29 is 9.59 Å². The van der Waals surface area contributed by atoms with Crippen LogP contribution in [0.15, 0.2) is 24.3 Å². The smallest absolute Gasteiger partial charge is 0.251 e. The number of nitrogens with one attached hydrogen (secondary N) is 2. The van der Waals surface area contributed by atoms with E-state index in [0.717, 1.165) is 10.6 Å². The Kier molecular flexibility index (Phi) is 6.13. The minimum absolute atomic E-state index is 0.0266. The molecule has 0 spiro atoms. The summed E-state index contributed by atoms with van der Waals surface area (Å²) in [6, 6.07) is 6.75. The van der Waals surface area contributed by atoms with Crippen LogP contribution in [0.1, 0.15) is 68.4 Å². The van der Waals surface area contributed by atoms with Gasteiger partial charge in [-0.05, 0) is 30.0 Å². The predicted molar refractivity (Wildman–Crippen MR) is 105 cm³/mol. The Morgan fingerprint density at radius 1 is 1.04 bits per heavy atom. The minimum Gasteiger partial charge on any atom is -0.341 e. The van der Waals surface area contributed by atoms with Crippen LogP contribution in [0.4, 0.5) is 5.13 Å². The second kappa shape index (κ2) is 7.95. The zero-order valence-corrected chi connectivity index (χ0v) is 16.9. The van der Waals surface area contributed by atoms with Gasteiger partial charge in [0.2, 0.25) is 11.0 Å². The fourth-order valence-corrected chi connectivity index (χ4v) is 2.95. The van der Waals surface area contributed by atoms with Crippen LogP contribution in [0.2, 0.25) is 0 Å². The van der Waals surface area contributed by atoms with E-state index < -0.39 is 6.04 Å². The highest BCUT2D eigenvalue weighted by molar-refractivity contribution is 7.15. The van der Waals surface area contributed by atoms with Crippen molar-refractivity contribution in [3.05, 3.63) is 40.4 Å². The molecule has 1 aromatic heterocycles. The van der Waals surface area contributed by atoms with E-state index in [9.17, 15) is 9.59 Å². The summed E-state index contributed by atoms with van der Waals surface area (Å²) in [5, 5.41) is 14.7. The standard InChI is InChI=1S/C19H26N4O2S/c1-11(2)17-22-23-18(26-17)21-15(24)12(3)20-16(25)13-7-9-14(10-8-13)19(4,5)6/h7-12H,1-6H3,(H,20,25)(H,21,23,24). The van der Waals surface area contributed by atoms with Crippen LogP contribution in [-0.4, -0.2) is 28.1 Å². The van der Waals surface area contributed by atoms with E-state index >= 15 is 0 Å². The first-order valence-electron chi connectivity index (χ1n) is 8.63. The van der Waals surface area contributed by atoms with Gasteiger partial charge in [-0.25, -0.2) is 0 Å². The molecule has 0 saturated carbocycles. The number of nitrogens with zero attached hydrogens (tertiary/aromatic N) is 2. The Balaban J connectivity index is 1.96. The van der Waals surface area contributed by atoms with Gasteiger partial charge >= 0.3 is 0 Å². The number of rotatable bonds is 5. The molecule has 2 amide bonds. The summed E-state index contributed by atoms with van der Waals surface area (Å²) in [6.07, 6.45) is 0. The van der Waals surface area contributed by atoms with Crippen molar-refractivity contribution >= 4 is 28.3 Å². The lowest BCUT2D eigenvalue weighted by Gasteiger charge is -2.19. The second-order valence-electron chi connectivity index (χ2n) is 7.61. The first-order valence-corrected chi connectivity index (χ1v) is 9.45. The lowest BCUT2D eigenvalue weighted by atomic mass is 9.86. The van der Waals surface area contributed by atoms with Gasteiger partial charge in [0.1, 0.15) is 11.0 Å². The summed E-state index contributed by atoms with van der Waals surface area (Å²) in [7, 11) is 0. The zero-order chi connectivity index (χ0) is 19.5. The number of carbonyl (C=O) groups is 2. The number of carbonyl (C=O) groups excluding carboxylic acids is 2. The Morgan fingerprint density at radius 3 is 2.15 bits per heavy atom. The molecule has 0 aliphatic carbocycles. The highest BCUT2D eigenvalue weighted by atomic mass is 32.1. The third kappa shape index (κ3) is 5.11. The Labute approximate surface area is 158 Å². The van der Waals surface area contributed by atoms with Crippen LogP contribution >= 0.6 is 11.3 Å². The molecular weight excluding hydrogens is 348 g/mol. The van der Waals surface area contributed by atoms with E-state index in [2.05, 4.69) is 41.6 Å². The molecule has 0 aliphatic rings. The summed E-state index contributed by atoms with van der Waals surface area (Å²) in [5.74, 6) is -0.351. The first-order chi connectivity index (χ1) is 12.1. The molecule has 0 radical (unpaired) electrons. The Morgan fingerprint density at radius 2 is 1.65 bits per heavy atom. The van der Waals surface area contributed by atoms with Crippen LogP contribution in [0.25, 0.3) is 0 Å². The maximum absolute atomic E-state index is 12.3. The predicted octanol–water partition coefficient (Wildman–Crippen LogP) is 3.72. The van der Waals surface area contributed by atoms with E-state index in [-0.39, 0.29) is 23.1 Å². The maximum atomic E-state index is 12.3. The normalized spacial score (nSPS) is 12.7. The van der Waals surface area contributed by atoms with Crippen LogP contribution in [0.3, 0.4) is 0 Å². The fraction of sp³-hybridized carbons (Fsp3) is 0.474.